The highest BCUT2D eigenvalue weighted by molar-refractivity contribution is 7.18. The molecule has 2 aromatic rings. The van der Waals surface area contributed by atoms with Crippen LogP contribution in [-0.4, -0.2) is 10.2 Å². The Kier molecular flexibility index (Phi) is 5.33. The maximum atomic E-state index is 5.60. The zero-order valence-electron chi connectivity index (χ0n) is 11.4. The molecule has 4 heteroatoms. The van der Waals surface area contributed by atoms with E-state index < -0.39 is 0 Å². The first-order chi connectivity index (χ1) is 9.29. The Labute approximate surface area is 118 Å². The van der Waals surface area contributed by atoms with Crippen LogP contribution in [0.15, 0.2) is 24.3 Å². The Morgan fingerprint density at radius 1 is 1.00 bits per heavy atom. The first-order valence-electron chi connectivity index (χ1n) is 6.98. The minimum Gasteiger partial charge on any atom is -0.374 e. The second-order valence-corrected chi connectivity index (χ2v) is 5.82. The molecule has 0 aliphatic heterocycles. The number of aryl methyl sites for hydroxylation is 1. The van der Waals surface area contributed by atoms with Gasteiger partial charge in [-0.1, -0.05) is 68.2 Å². The van der Waals surface area contributed by atoms with Gasteiger partial charge in [-0.05, 0) is 18.4 Å². The van der Waals surface area contributed by atoms with Gasteiger partial charge in [-0.3, -0.25) is 0 Å². The molecular formula is C15H21N3S. The van der Waals surface area contributed by atoms with Crippen LogP contribution < -0.4 is 5.73 Å². The summed E-state index contributed by atoms with van der Waals surface area (Å²) in [4.78, 5) is 0. The van der Waals surface area contributed by atoms with Gasteiger partial charge in [0.05, 0.1) is 0 Å². The molecule has 0 amide bonds. The lowest BCUT2D eigenvalue weighted by atomic mass is 10.0. The lowest BCUT2D eigenvalue weighted by Gasteiger charge is -2.02. The smallest absolute Gasteiger partial charge is 0.203 e. The van der Waals surface area contributed by atoms with Gasteiger partial charge in [0.15, 0.2) is 0 Å². The third-order valence-corrected chi connectivity index (χ3v) is 4.01. The summed E-state index contributed by atoms with van der Waals surface area (Å²) in [6, 6.07) is 8.60. The van der Waals surface area contributed by atoms with E-state index in [0.29, 0.717) is 5.13 Å². The topological polar surface area (TPSA) is 51.8 Å². The van der Waals surface area contributed by atoms with Crippen molar-refractivity contribution in [1.82, 2.24) is 10.2 Å². The van der Waals surface area contributed by atoms with Gasteiger partial charge in [0, 0.05) is 5.56 Å². The highest BCUT2D eigenvalue weighted by Crippen LogP contribution is 2.25. The predicted molar refractivity (Wildman–Crippen MR) is 82.2 cm³/mol. The Bertz CT molecular complexity index is 490. The van der Waals surface area contributed by atoms with Crippen LogP contribution in [0.3, 0.4) is 0 Å². The lowest BCUT2D eigenvalue weighted by Crippen LogP contribution is -1.86. The van der Waals surface area contributed by atoms with Crippen molar-refractivity contribution in [3.05, 3.63) is 29.8 Å². The van der Waals surface area contributed by atoms with Gasteiger partial charge in [0.25, 0.3) is 0 Å². The number of nitrogens with zero attached hydrogens (tertiary/aromatic N) is 2. The molecule has 19 heavy (non-hydrogen) atoms. The van der Waals surface area contributed by atoms with Crippen LogP contribution in [0.2, 0.25) is 0 Å². The van der Waals surface area contributed by atoms with Crippen LogP contribution in [0, 0.1) is 0 Å². The van der Waals surface area contributed by atoms with Gasteiger partial charge < -0.3 is 5.73 Å². The zero-order chi connectivity index (χ0) is 13.5. The van der Waals surface area contributed by atoms with Crippen molar-refractivity contribution in [3.8, 4) is 10.6 Å². The molecule has 1 heterocycles. The van der Waals surface area contributed by atoms with Crippen molar-refractivity contribution in [2.75, 3.05) is 5.73 Å². The molecule has 1 aromatic heterocycles. The van der Waals surface area contributed by atoms with E-state index in [1.54, 1.807) is 0 Å². The molecule has 0 bridgehead atoms. The van der Waals surface area contributed by atoms with Crippen LogP contribution in [0.5, 0.6) is 0 Å². The van der Waals surface area contributed by atoms with E-state index in [4.69, 9.17) is 5.73 Å². The molecule has 0 fully saturated rings. The second-order valence-electron chi connectivity index (χ2n) is 4.81. The maximum Gasteiger partial charge on any atom is 0.203 e. The summed E-state index contributed by atoms with van der Waals surface area (Å²) in [5, 5.41) is 9.31. The average molecular weight is 275 g/mol. The van der Waals surface area contributed by atoms with E-state index in [1.807, 2.05) is 0 Å². The number of nitrogens with two attached hydrogens (primary N) is 1. The van der Waals surface area contributed by atoms with E-state index in [2.05, 4.69) is 41.4 Å². The summed E-state index contributed by atoms with van der Waals surface area (Å²) in [6.07, 6.45) is 7.81. The number of anilines is 1. The van der Waals surface area contributed by atoms with Crippen molar-refractivity contribution in [1.29, 1.82) is 0 Å². The molecule has 0 radical (unpaired) electrons. The number of rotatable bonds is 7. The minimum atomic E-state index is 0.523. The summed E-state index contributed by atoms with van der Waals surface area (Å²) < 4.78 is 0. The molecule has 0 aliphatic carbocycles. The number of unbranched alkanes of at least 4 members (excludes halogenated alkanes) is 4. The van der Waals surface area contributed by atoms with Crippen molar-refractivity contribution in [2.45, 2.75) is 45.4 Å². The van der Waals surface area contributed by atoms with Gasteiger partial charge in [-0.25, -0.2) is 0 Å². The molecule has 0 atom stereocenters. The maximum absolute atomic E-state index is 5.60. The molecule has 2 rings (SSSR count). The SMILES string of the molecule is CCCCCCCc1ccc(-c2nnc(N)s2)cc1. The lowest BCUT2D eigenvalue weighted by molar-refractivity contribution is 0.632. The third kappa shape index (κ3) is 4.31. The van der Waals surface area contributed by atoms with Crippen molar-refractivity contribution >= 4 is 16.5 Å². The van der Waals surface area contributed by atoms with Crippen LogP contribution in [0.1, 0.15) is 44.6 Å². The molecule has 0 spiro atoms. The second kappa shape index (κ2) is 7.24. The van der Waals surface area contributed by atoms with Gasteiger partial charge >= 0.3 is 0 Å². The van der Waals surface area contributed by atoms with E-state index in [1.165, 1.54) is 55.4 Å². The Morgan fingerprint density at radius 2 is 1.74 bits per heavy atom. The summed E-state index contributed by atoms with van der Waals surface area (Å²) in [7, 11) is 0. The zero-order valence-corrected chi connectivity index (χ0v) is 12.2. The number of hydrogen-bond donors (Lipinski definition) is 1. The van der Waals surface area contributed by atoms with Gasteiger partial charge in [-0.2, -0.15) is 0 Å². The molecule has 3 nitrogen and oxygen atoms in total. The van der Waals surface area contributed by atoms with E-state index in [9.17, 15) is 0 Å². The molecule has 2 N–H and O–H groups in total. The fourth-order valence-corrected chi connectivity index (χ4v) is 2.71. The van der Waals surface area contributed by atoms with Crippen LogP contribution in [-0.2, 0) is 6.42 Å². The van der Waals surface area contributed by atoms with Crippen LogP contribution >= 0.6 is 11.3 Å². The van der Waals surface area contributed by atoms with Gasteiger partial charge in [0.2, 0.25) is 5.13 Å². The molecule has 0 aliphatic rings. The highest BCUT2D eigenvalue weighted by atomic mass is 32.1. The van der Waals surface area contributed by atoms with Crippen molar-refractivity contribution in [3.63, 3.8) is 0 Å². The number of aromatic nitrogens is 2. The van der Waals surface area contributed by atoms with Crippen molar-refractivity contribution in [2.24, 2.45) is 0 Å². The van der Waals surface area contributed by atoms with Gasteiger partial charge in [0.1, 0.15) is 5.01 Å². The average Bonchev–Trinajstić information content (AvgIpc) is 2.86. The largest absolute Gasteiger partial charge is 0.374 e. The highest BCUT2D eigenvalue weighted by Gasteiger charge is 2.04. The third-order valence-electron chi connectivity index (χ3n) is 3.21. The first kappa shape index (κ1) is 14.0. The predicted octanol–water partition coefficient (Wildman–Crippen LogP) is 4.30. The number of nitrogen functional groups attached to an aromatic ring is 1. The Balaban J connectivity index is 1.85. The van der Waals surface area contributed by atoms with Gasteiger partial charge in [-0.15, -0.1) is 10.2 Å². The molecule has 102 valence electrons. The molecular weight excluding hydrogens is 254 g/mol. The molecule has 0 saturated heterocycles. The number of hydrogen-bond acceptors (Lipinski definition) is 4. The van der Waals surface area contributed by atoms with Crippen LogP contribution in [0.4, 0.5) is 5.13 Å². The summed E-state index contributed by atoms with van der Waals surface area (Å²) in [5.41, 5.74) is 8.10. The van der Waals surface area contributed by atoms with E-state index in [0.717, 1.165) is 10.6 Å². The fourth-order valence-electron chi connectivity index (χ4n) is 2.10. The van der Waals surface area contributed by atoms with E-state index >= 15 is 0 Å². The Morgan fingerprint density at radius 3 is 2.37 bits per heavy atom. The summed E-state index contributed by atoms with van der Waals surface area (Å²) >= 11 is 1.43. The minimum absolute atomic E-state index is 0.523. The Hall–Kier alpha value is -1.42. The van der Waals surface area contributed by atoms with Crippen molar-refractivity contribution < 1.29 is 0 Å². The molecule has 0 unspecified atom stereocenters. The monoisotopic (exact) mass is 275 g/mol. The first-order valence-corrected chi connectivity index (χ1v) is 7.79. The molecule has 0 saturated carbocycles. The normalized spacial score (nSPS) is 10.8. The van der Waals surface area contributed by atoms with E-state index in [-0.39, 0.29) is 0 Å². The van der Waals surface area contributed by atoms with Crippen LogP contribution in [0.25, 0.3) is 10.6 Å². The fraction of sp³-hybridized carbons (Fsp3) is 0.467. The standard InChI is InChI=1S/C15H21N3S/c1-2-3-4-5-6-7-12-8-10-13(11-9-12)14-17-18-15(16)19-14/h8-11H,2-7H2,1H3,(H2,16,18). The number of benzene rings is 1. The molecule has 1 aromatic carbocycles. The quantitative estimate of drug-likeness (QED) is 0.766. The summed E-state index contributed by atoms with van der Waals surface area (Å²) in [5.74, 6) is 0. The summed E-state index contributed by atoms with van der Waals surface area (Å²) in [6.45, 7) is 2.25.